The van der Waals surface area contributed by atoms with E-state index in [-0.39, 0.29) is 0 Å². The Hall–Kier alpha value is 0.1000. The molecule has 19 heavy (non-hydrogen) atoms. The molecule has 0 aliphatic heterocycles. The van der Waals surface area contributed by atoms with E-state index < -0.39 is 0 Å². The zero-order valence-corrected chi connectivity index (χ0v) is 14.5. The molecule has 0 saturated heterocycles. The van der Waals surface area contributed by atoms with Crippen molar-refractivity contribution in [1.82, 2.24) is 5.32 Å². The van der Waals surface area contributed by atoms with Gasteiger partial charge in [0.1, 0.15) is 0 Å². The van der Waals surface area contributed by atoms with E-state index >= 15 is 0 Å². The third-order valence-corrected chi connectivity index (χ3v) is 4.76. The molecule has 1 N–H and O–H groups in total. The predicted octanol–water partition coefficient (Wildman–Crippen LogP) is 4.98. The Morgan fingerprint density at radius 2 is 2.21 bits per heavy atom. The molecule has 0 aliphatic rings. The van der Waals surface area contributed by atoms with Crippen molar-refractivity contribution in [2.75, 3.05) is 13.2 Å². The van der Waals surface area contributed by atoms with E-state index in [1.807, 2.05) is 0 Å². The highest BCUT2D eigenvalue weighted by atomic mass is 79.9. The summed E-state index contributed by atoms with van der Waals surface area (Å²) in [6.07, 6.45) is 6.89. The van der Waals surface area contributed by atoms with Crippen LogP contribution in [0.15, 0.2) is 15.9 Å². The summed E-state index contributed by atoms with van der Waals surface area (Å²) in [6, 6.07) is 2.16. The van der Waals surface area contributed by atoms with Gasteiger partial charge in [-0.15, -0.1) is 11.3 Å². The van der Waals surface area contributed by atoms with Gasteiger partial charge in [0, 0.05) is 27.8 Å². The summed E-state index contributed by atoms with van der Waals surface area (Å²) < 4.78 is 6.97. The van der Waals surface area contributed by atoms with Gasteiger partial charge in [-0.25, -0.2) is 0 Å². The quantitative estimate of drug-likeness (QED) is 0.570. The van der Waals surface area contributed by atoms with Crippen LogP contribution >= 0.6 is 27.3 Å². The summed E-state index contributed by atoms with van der Waals surface area (Å²) >= 11 is 5.25. The fourth-order valence-electron chi connectivity index (χ4n) is 1.93. The summed E-state index contributed by atoms with van der Waals surface area (Å²) in [4.78, 5) is 1.36. The van der Waals surface area contributed by atoms with Gasteiger partial charge in [-0.2, -0.15) is 0 Å². The number of thiophene rings is 1. The highest BCUT2D eigenvalue weighted by molar-refractivity contribution is 9.10. The lowest BCUT2D eigenvalue weighted by atomic mass is 10.1. The smallest absolute Gasteiger partial charge is 0.0594 e. The average Bonchev–Trinajstić information content (AvgIpc) is 2.80. The number of unbranched alkanes of at least 4 members (excludes halogenated alkanes) is 3. The van der Waals surface area contributed by atoms with Gasteiger partial charge in [0.25, 0.3) is 0 Å². The molecule has 1 rings (SSSR count). The lowest BCUT2D eigenvalue weighted by Crippen LogP contribution is -2.21. The molecule has 0 radical (unpaired) electrons. The van der Waals surface area contributed by atoms with Crippen molar-refractivity contribution in [2.45, 2.75) is 58.6 Å². The van der Waals surface area contributed by atoms with Crippen LogP contribution in [0.4, 0.5) is 0 Å². The maximum absolute atomic E-state index is 5.80. The second kappa shape index (κ2) is 10.8. The number of rotatable bonds is 11. The first kappa shape index (κ1) is 17.2. The van der Waals surface area contributed by atoms with E-state index in [1.165, 1.54) is 41.5 Å². The van der Waals surface area contributed by atoms with Gasteiger partial charge in [0.2, 0.25) is 0 Å². The first-order chi connectivity index (χ1) is 9.22. The van der Waals surface area contributed by atoms with E-state index in [0.717, 1.165) is 19.7 Å². The molecular formula is C15H26BrNOS. The Balaban J connectivity index is 1.92. The summed E-state index contributed by atoms with van der Waals surface area (Å²) in [5, 5.41) is 5.53. The monoisotopic (exact) mass is 347 g/mol. The van der Waals surface area contributed by atoms with E-state index in [0.29, 0.717) is 6.10 Å². The highest BCUT2D eigenvalue weighted by Gasteiger charge is 2.02. The molecule has 0 aromatic carbocycles. The molecule has 0 bridgehead atoms. The van der Waals surface area contributed by atoms with Crippen molar-refractivity contribution in [3.8, 4) is 0 Å². The van der Waals surface area contributed by atoms with Crippen LogP contribution in [0.25, 0.3) is 0 Å². The van der Waals surface area contributed by atoms with E-state index in [1.54, 1.807) is 11.3 Å². The van der Waals surface area contributed by atoms with Crippen LogP contribution in [0, 0.1) is 0 Å². The third kappa shape index (κ3) is 8.79. The first-order valence-electron chi connectivity index (χ1n) is 7.27. The van der Waals surface area contributed by atoms with Crippen LogP contribution in [-0.2, 0) is 11.3 Å². The van der Waals surface area contributed by atoms with Gasteiger partial charge < -0.3 is 10.1 Å². The van der Waals surface area contributed by atoms with E-state index in [9.17, 15) is 0 Å². The van der Waals surface area contributed by atoms with Crippen LogP contribution in [-0.4, -0.2) is 19.3 Å². The topological polar surface area (TPSA) is 21.3 Å². The Bertz CT molecular complexity index is 330. The highest BCUT2D eigenvalue weighted by Crippen LogP contribution is 2.19. The second-order valence-electron chi connectivity index (χ2n) is 4.94. The van der Waals surface area contributed by atoms with Gasteiger partial charge in [-0.1, -0.05) is 32.6 Å². The third-order valence-electron chi connectivity index (χ3n) is 3.07. The number of hydrogen-bond donors (Lipinski definition) is 1. The molecule has 0 saturated carbocycles. The Labute approximate surface area is 130 Å². The number of hydrogen-bond acceptors (Lipinski definition) is 3. The largest absolute Gasteiger partial charge is 0.377 e. The fraction of sp³-hybridized carbons (Fsp3) is 0.733. The first-order valence-corrected chi connectivity index (χ1v) is 8.95. The lowest BCUT2D eigenvalue weighted by molar-refractivity contribution is 0.0603. The van der Waals surface area contributed by atoms with Crippen LogP contribution in [0.2, 0.25) is 0 Å². The molecule has 110 valence electrons. The van der Waals surface area contributed by atoms with Crippen molar-refractivity contribution < 1.29 is 4.74 Å². The minimum Gasteiger partial charge on any atom is -0.377 e. The van der Waals surface area contributed by atoms with Crippen molar-refractivity contribution in [3.05, 3.63) is 20.8 Å². The molecule has 1 aromatic rings. The standard InChI is InChI=1S/C15H26BrNOS/c1-3-4-5-6-7-13(2)18-9-8-17-11-15-10-14(16)12-19-15/h10,12-13,17H,3-9,11H2,1-2H3. The summed E-state index contributed by atoms with van der Waals surface area (Å²) in [5.41, 5.74) is 0. The normalized spacial score (nSPS) is 12.8. The number of nitrogens with one attached hydrogen (secondary N) is 1. The molecular weight excluding hydrogens is 322 g/mol. The van der Waals surface area contributed by atoms with Crippen molar-refractivity contribution in [3.63, 3.8) is 0 Å². The Morgan fingerprint density at radius 3 is 2.89 bits per heavy atom. The molecule has 1 unspecified atom stereocenters. The van der Waals surface area contributed by atoms with Crippen LogP contribution in [0.1, 0.15) is 50.8 Å². The SMILES string of the molecule is CCCCCCC(C)OCCNCc1cc(Br)cs1. The maximum atomic E-state index is 5.80. The molecule has 0 spiro atoms. The zero-order valence-electron chi connectivity index (χ0n) is 12.1. The lowest BCUT2D eigenvalue weighted by Gasteiger charge is -2.13. The van der Waals surface area contributed by atoms with Gasteiger partial charge >= 0.3 is 0 Å². The maximum Gasteiger partial charge on any atom is 0.0594 e. The molecule has 0 amide bonds. The molecule has 4 heteroatoms. The molecule has 2 nitrogen and oxygen atoms in total. The minimum absolute atomic E-state index is 0.398. The summed E-state index contributed by atoms with van der Waals surface area (Å²) in [5.74, 6) is 0. The molecule has 0 aliphatic carbocycles. The second-order valence-corrected chi connectivity index (χ2v) is 6.85. The zero-order chi connectivity index (χ0) is 13.9. The number of halogens is 1. The molecule has 1 heterocycles. The van der Waals surface area contributed by atoms with Crippen molar-refractivity contribution in [1.29, 1.82) is 0 Å². The number of ether oxygens (including phenoxy) is 1. The predicted molar refractivity (Wildman–Crippen MR) is 87.9 cm³/mol. The summed E-state index contributed by atoms with van der Waals surface area (Å²) in [7, 11) is 0. The van der Waals surface area contributed by atoms with Gasteiger partial charge in [0.15, 0.2) is 0 Å². The summed E-state index contributed by atoms with van der Waals surface area (Å²) in [6.45, 7) is 7.10. The van der Waals surface area contributed by atoms with Gasteiger partial charge in [-0.3, -0.25) is 0 Å². The van der Waals surface area contributed by atoms with Crippen LogP contribution in [0.5, 0.6) is 0 Å². The van der Waals surface area contributed by atoms with Gasteiger partial charge in [-0.05, 0) is 35.3 Å². The van der Waals surface area contributed by atoms with Crippen molar-refractivity contribution in [2.24, 2.45) is 0 Å². The van der Waals surface area contributed by atoms with Crippen LogP contribution < -0.4 is 5.32 Å². The molecule has 1 aromatic heterocycles. The average molecular weight is 348 g/mol. The van der Waals surface area contributed by atoms with Crippen molar-refractivity contribution >= 4 is 27.3 Å². The van der Waals surface area contributed by atoms with E-state index in [4.69, 9.17) is 4.74 Å². The molecule has 0 fully saturated rings. The van der Waals surface area contributed by atoms with Gasteiger partial charge in [0.05, 0.1) is 12.7 Å². The Morgan fingerprint density at radius 1 is 1.37 bits per heavy atom. The molecule has 1 atom stereocenters. The van der Waals surface area contributed by atoms with E-state index in [2.05, 4.69) is 46.5 Å². The Kier molecular flexibility index (Phi) is 9.78. The van der Waals surface area contributed by atoms with Crippen LogP contribution in [0.3, 0.4) is 0 Å². The minimum atomic E-state index is 0.398. The fourth-order valence-corrected chi connectivity index (χ4v) is 3.35.